The summed E-state index contributed by atoms with van der Waals surface area (Å²) < 4.78 is 0.263. The summed E-state index contributed by atoms with van der Waals surface area (Å²) >= 11 is 0. The molecule has 0 aliphatic heterocycles. The van der Waals surface area contributed by atoms with Gasteiger partial charge in [-0.05, 0) is 42.7 Å². The maximum atomic E-state index is 11.4. The molecule has 2 N–H and O–H groups in total. The maximum absolute atomic E-state index is 11.4. The minimum absolute atomic E-state index is 0.263. The molecule has 0 unspecified atom stereocenters. The molecule has 1 aromatic heterocycles. The highest BCUT2D eigenvalue weighted by Crippen LogP contribution is 2.12. The minimum atomic E-state index is -0.864. The van der Waals surface area contributed by atoms with Gasteiger partial charge in [0.05, 0.1) is 5.69 Å². The molecule has 0 amide bonds. The van der Waals surface area contributed by atoms with Crippen molar-refractivity contribution in [2.24, 2.45) is 0 Å². The zero-order chi connectivity index (χ0) is 17.6. The van der Waals surface area contributed by atoms with Crippen molar-refractivity contribution >= 4 is 0 Å². The van der Waals surface area contributed by atoms with Gasteiger partial charge in [0.25, 0.3) is 0 Å². The molecule has 0 bridgehead atoms. The van der Waals surface area contributed by atoms with E-state index in [4.69, 9.17) is 5.21 Å². The average Bonchev–Trinajstić information content (AvgIpc) is 2.66. The Balaban J connectivity index is 1.67. The molecular weight excluding hydrogens is 316 g/mol. The molecule has 0 atom stereocenters. The predicted molar refractivity (Wildman–Crippen MR) is 93.6 cm³/mol. The highest BCUT2D eigenvalue weighted by Gasteiger charge is 2.09. The van der Waals surface area contributed by atoms with Gasteiger partial charge in [-0.1, -0.05) is 42.2 Å². The fraction of sp³-hybridized carbons (Fsp3) is 0.100. The molecule has 0 fully saturated rings. The Labute approximate surface area is 144 Å². The highest BCUT2D eigenvalue weighted by atomic mass is 16.5. The SMILES string of the molecule is O=c1c(O)c(CCc2ccc(C#Cc3ccccc3)cc2)ncn1O. The Kier molecular flexibility index (Phi) is 4.82. The molecular formula is C20H16N2O3. The van der Waals surface area contributed by atoms with Crippen molar-refractivity contribution in [1.82, 2.24) is 9.71 Å². The van der Waals surface area contributed by atoms with E-state index < -0.39 is 11.3 Å². The highest BCUT2D eigenvalue weighted by molar-refractivity contribution is 5.43. The summed E-state index contributed by atoms with van der Waals surface area (Å²) in [5.74, 6) is 5.70. The number of rotatable bonds is 3. The third-order valence-electron chi connectivity index (χ3n) is 3.74. The molecule has 0 saturated heterocycles. The first-order chi connectivity index (χ1) is 12.1. The van der Waals surface area contributed by atoms with Crippen LogP contribution in [-0.4, -0.2) is 20.0 Å². The molecule has 0 spiro atoms. The summed E-state index contributed by atoms with van der Waals surface area (Å²) in [5.41, 5.74) is 2.32. The molecule has 0 radical (unpaired) electrons. The van der Waals surface area contributed by atoms with Crippen LogP contribution in [0.4, 0.5) is 0 Å². The van der Waals surface area contributed by atoms with Gasteiger partial charge in [-0.15, -0.1) is 4.73 Å². The molecule has 5 nitrogen and oxygen atoms in total. The Morgan fingerprint density at radius 3 is 2.24 bits per heavy atom. The Morgan fingerprint density at radius 2 is 1.56 bits per heavy atom. The van der Waals surface area contributed by atoms with Crippen molar-refractivity contribution in [3.8, 4) is 17.6 Å². The Morgan fingerprint density at radius 1 is 0.920 bits per heavy atom. The van der Waals surface area contributed by atoms with E-state index in [1.165, 1.54) is 0 Å². The van der Waals surface area contributed by atoms with E-state index in [2.05, 4.69) is 16.8 Å². The van der Waals surface area contributed by atoms with Gasteiger partial charge < -0.3 is 10.3 Å². The van der Waals surface area contributed by atoms with Gasteiger partial charge in [0.2, 0.25) is 5.75 Å². The number of hydrogen-bond donors (Lipinski definition) is 2. The van der Waals surface area contributed by atoms with Crippen LogP contribution in [0.15, 0.2) is 65.7 Å². The lowest BCUT2D eigenvalue weighted by molar-refractivity contribution is 0.166. The fourth-order valence-electron chi connectivity index (χ4n) is 2.34. The lowest BCUT2D eigenvalue weighted by atomic mass is 10.1. The molecule has 3 rings (SSSR count). The molecule has 2 aromatic carbocycles. The van der Waals surface area contributed by atoms with Gasteiger partial charge in [0.15, 0.2) is 0 Å². The molecule has 0 aliphatic rings. The smallest absolute Gasteiger partial charge is 0.328 e. The Bertz CT molecular complexity index is 981. The first-order valence-corrected chi connectivity index (χ1v) is 7.78. The van der Waals surface area contributed by atoms with Gasteiger partial charge in [-0.25, -0.2) is 4.98 Å². The van der Waals surface area contributed by atoms with Crippen LogP contribution in [0.25, 0.3) is 0 Å². The van der Waals surface area contributed by atoms with Gasteiger partial charge in [0, 0.05) is 11.1 Å². The van der Waals surface area contributed by atoms with Gasteiger partial charge >= 0.3 is 5.56 Å². The molecule has 25 heavy (non-hydrogen) atoms. The van der Waals surface area contributed by atoms with Crippen molar-refractivity contribution in [3.05, 3.63) is 93.7 Å². The van der Waals surface area contributed by atoms with Crippen LogP contribution in [0.3, 0.4) is 0 Å². The van der Waals surface area contributed by atoms with Crippen molar-refractivity contribution in [3.63, 3.8) is 0 Å². The summed E-state index contributed by atoms with van der Waals surface area (Å²) in [4.78, 5) is 15.3. The number of aromatic hydroxyl groups is 1. The van der Waals surface area contributed by atoms with Crippen molar-refractivity contribution in [2.75, 3.05) is 0 Å². The number of aryl methyl sites for hydroxylation is 2. The third-order valence-corrected chi connectivity index (χ3v) is 3.74. The van der Waals surface area contributed by atoms with Crippen molar-refractivity contribution in [2.45, 2.75) is 12.8 Å². The summed E-state index contributed by atoms with van der Waals surface area (Å²) in [6, 6.07) is 17.6. The number of aromatic nitrogens is 2. The normalized spacial score (nSPS) is 10.1. The van der Waals surface area contributed by atoms with Crippen LogP contribution >= 0.6 is 0 Å². The summed E-state index contributed by atoms with van der Waals surface area (Å²) in [6.45, 7) is 0. The Hall–Kier alpha value is -3.52. The minimum Gasteiger partial charge on any atom is -0.502 e. The van der Waals surface area contributed by atoms with Crippen LogP contribution in [0, 0.1) is 11.8 Å². The predicted octanol–water partition coefficient (Wildman–Crippen LogP) is 2.37. The monoisotopic (exact) mass is 332 g/mol. The van der Waals surface area contributed by atoms with Gasteiger partial charge in [0.1, 0.15) is 6.33 Å². The van der Waals surface area contributed by atoms with E-state index in [-0.39, 0.29) is 10.4 Å². The van der Waals surface area contributed by atoms with E-state index in [1.54, 1.807) is 0 Å². The summed E-state index contributed by atoms with van der Waals surface area (Å²) in [5, 5.41) is 18.8. The quantitative estimate of drug-likeness (QED) is 0.570. The zero-order valence-electron chi connectivity index (χ0n) is 13.4. The van der Waals surface area contributed by atoms with Crippen molar-refractivity contribution in [1.29, 1.82) is 0 Å². The van der Waals surface area contributed by atoms with Crippen LogP contribution in [0.1, 0.15) is 22.4 Å². The van der Waals surface area contributed by atoms with E-state index in [0.717, 1.165) is 23.0 Å². The standard InChI is InChI=1S/C20H16N2O3/c23-19-18(21-14-22(25)20(19)24)13-12-17-10-8-16(9-11-17)7-6-15-4-2-1-3-5-15/h1-5,8-11,14,23,25H,12-13H2. The van der Waals surface area contributed by atoms with Crippen LogP contribution < -0.4 is 5.56 Å². The lowest BCUT2D eigenvalue weighted by Crippen LogP contribution is -2.19. The van der Waals surface area contributed by atoms with Crippen molar-refractivity contribution < 1.29 is 10.3 Å². The second kappa shape index (κ2) is 7.37. The zero-order valence-corrected chi connectivity index (χ0v) is 13.4. The van der Waals surface area contributed by atoms with E-state index in [0.29, 0.717) is 12.8 Å². The first-order valence-electron chi connectivity index (χ1n) is 7.78. The maximum Gasteiger partial charge on any atom is 0.328 e. The van der Waals surface area contributed by atoms with Crippen LogP contribution in [0.2, 0.25) is 0 Å². The summed E-state index contributed by atoms with van der Waals surface area (Å²) in [7, 11) is 0. The number of benzene rings is 2. The second-order valence-electron chi connectivity index (χ2n) is 5.50. The molecule has 5 heteroatoms. The average molecular weight is 332 g/mol. The van der Waals surface area contributed by atoms with Gasteiger partial charge in [-0.2, -0.15) is 0 Å². The molecule has 0 saturated carbocycles. The summed E-state index contributed by atoms with van der Waals surface area (Å²) in [6.07, 6.45) is 2.00. The van der Waals surface area contributed by atoms with Crippen LogP contribution in [0.5, 0.6) is 5.75 Å². The van der Waals surface area contributed by atoms with E-state index in [1.807, 2.05) is 54.6 Å². The largest absolute Gasteiger partial charge is 0.502 e. The van der Waals surface area contributed by atoms with Gasteiger partial charge in [-0.3, -0.25) is 4.79 Å². The molecule has 3 aromatic rings. The molecule has 124 valence electrons. The topological polar surface area (TPSA) is 75.3 Å². The fourth-order valence-corrected chi connectivity index (χ4v) is 2.34. The lowest BCUT2D eigenvalue weighted by Gasteiger charge is -2.04. The molecule has 1 heterocycles. The molecule has 0 aliphatic carbocycles. The van der Waals surface area contributed by atoms with Crippen LogP contribution in [-0.2, 0) is 12.8 Å². The second-order valence-corrected chi connectivity index (χ2v) is 5.50. The first kappa shape index (κ1) is 16.3. The van der Waals surface area contributed by atoms with E-state index >= 15 is 0 Å². The third kappa shape index (κ3) is 4.06. The number of nitrogens with zero attached hydrogens (tertiary/aromatic N) is 2. The number of hydrogen-bond acceptors (Lipinski definition) is 4. The van der Waals surface area contributed by atoms with E-state index in [9.17, 15) is 9.90 Å².